The molecule has 0 spiro atoms. The van der Waals surface area contributed by atoms with E-state index in [1.165, 1.54) is 54.8 Å². The van der Waals surface area contributed by atoms with Gasteiger partial charge < -0.3 is 5.32 Å². The maximum absolute atomic E-state index is 13.0. The zero-order valence-corrected chi connectivity index (χ0v) is 19.3. The van der Waals surface area contributed by atoms with Crippen LogP contribution in [0, 0.1) is 11.7 Å². The molecule has 2 N–H and O–H groups in total. The molecule has 174 valence electrons. The van der Waals surface area contributed by atoms with Crippen molar-refractivity contribution in [2.75, 3.05) is 37.2 Å². The van der Waals surface area contributed by atoms with Crippen LogP contribution >= 0.6 is 0 Å². The minimum Gasteiger partial charge on any atom is -0.326 e. The highest BCUT2D eigenvalue weighted by molar-refractivity contribution is 7.92. The van der Waals surface area contributed by atoms with E-state index in [0.717, 1.165) is 16.4 Å². The van der Waals surface area contributed by atoms with Crippen molar-refractivity contribution in [3.8, 4) is 0 Å². The first-order valence-corrected chi connectivity index (χ1v) is 12.7. The van der Waals surface area contributed by atoms with Crippen molar-refractivity contribution >= 4 is 37.5 Å². The van der Waals surface area contributed by atoms with Gasteiger partial charge in [-0.05, 0) is 61.4 Å². The van der Waals surface area contributed by atoms with Crippen LogP contribution in [0.4, 0.5) is 15.8 Å². The third-order valence-electron chi connectivity index (χ3n) is 5.14. The summed E-state index contributed by atoms with van der Waals surface area (Å²) in [5.41, 5.74) is 0.658. The first-order valence-electron chi connectivity index (χ1n) is 9.86. The summed E-state index contributed by atoms with van der Waals surface area (Å²) >= 11 is 0. The monoisotopic (exact) mass is 484 g/mol. The van der Waals surface area contributed by atoms with Gasteiger partial charge in [0, 0.05) is 44.5 Å². The summed E-state index contributed by atoms with van der Waals surface area (Å²) in [6, 6.07) is 10.6. The number of halogens is 1. The molecule has 1 saturated heterocycles. The number of benzene rings is 2. The van der Waals surface area contributed by atoms with Crippen molar-refractivity contribution in [2.24, 2.45) is 5.92 Å². The van der Waals surface area contributed by atoms with E-state index in [-0.39, 0.29) is 35.5 Å². The molecule has 0 aliphatic carbocycles. The highest BCUT2D eigenvalue weighted by atomic mass is 32.2. The Morgan fingerprint density at radius 2 is 1.47 bits per heavy atom. The minimum absolute atomic E-state index is 0.0120. The summed E-state index contributed by atoms with van der Waals surface area (Å²) < 4.78 is 67.2. The van der Waals surface area contributed by atoms with E-state index in [4.69, 9.17) is 0 Å². The van der Waals surface area contributed by atoms with Gasteiger partial charge in [-0.15, -0.1) is 0 Å². The van der Waals surface area contributed by atoms with Crippen LogP contribution in [-0.2, 0) is 25.0 Å². The van der Waals surface area contributed by atoms with Crippen molar-refractivity contribution in [3.63, 3.8) is 0 Å². The van der Waals surface area contributed by atoms with Gasteiger partial charge in [0.2, 0.25) is 5.91 Å². The Labute approximate surface area is 187 Å². The Bertz CT molecular complexity index is 1160. The number of hydrogen-bond acceptors (Lipinski definition) is 5. The van der Waals surface area contributed by atoms with Gasteiger partial charge in [-0.25, -0.2) is 12.8 Å². The van der Waals surface area contributed by atoms with Crippen LogP contribution in [0.1, 0.15) is 12.8 Å². The summed E-state index contributed by atoms with van der Waals surface area (Å²) in [5.74, 6) is -1.06. The molecular formula is C20H25FN4O5S2. The Morgan fingerprint density at radius 3 is 2.00 bits per heavy atom. The second-order valence-electron chi connectivity index (χ2n) is 7.59. The second kappa shape index (κ2) is 9.53. The largest absolute Gasteiger partial charge is 0.326 e. The molecule has 1 aliphatic heterocycles. The summed E-state index contributed by atoms with van der Waals surface area (Å²) in [5, 5.41) is 2.75. The third kappa shape index (κ3) is 5.63. The molecule has 9 nitrogen and oxygen atoms in total. The third-order valence-corrected chi connectivity index (χ3v) is 8.48. The molecular weight excluding hydrogens is 459 g/mol. The summed E-state index contributed by atoms with van der Waals surface area (Å²) in [6.45, 7) is 0.510. The minimum atomic E-state index is -3.87. The number of sulfonamides is 1. The highest BCUT2D eigenvalue weighted by Gasteiger charge is 2.32. The lowest BCUT2D eigenvalue weighted by Crippen LogP contribution is -2.46. The van der Waals surface area contributed by atoms with E-state index in [1.807, 2.05) is 0 Å². The smallest absolute Gasteiger partial charge is 0.281 e. The number of carbonyl (C=O) groups is 1. The van der Waals surface area contributed by atoms with Crippen molar-refractivity contribution in [1.82, 2.24) is 8.61 Å². The molecule has 12 heteroatoms. The van der Waals surface area contributed by atoms with Crippen LogP contribution in [0.5, 0.6) is 0 Å². The first kappa shape index (κ1) is 24.1. The van der Waals surface area contributed by atoms with Crippen LogP contribution in [0.25, 0.3) is 0 Å². The van der Waals surface area contributed by atoms with Crippen molar-refractivity contribution in [3.05, 3.63) is 54.3 Å². The maximum atomic E-state index is 13.0. The lowest BCUT2D eigenvalue weighted by atomic mass is 9.97. The number of nitrogens with zero attached hydrogens (tertiary/aromatic N) is 2. The van der Waals surface area contributed by atoms with Crippen LogP contribution in [0.3, 0.4) is 0 Å². The standard InChI is InChI=1S/C20H25FN4O5S2/c1-24(2)32(29,30)25-13-11-15(12-14-25)20(26)22-17-7-9-19(10-8-17)31(27,28)23-18-5-3-16(21)4-6-18/h3-10,15,23H,11-14H2,1-2H3,(H,22,26). The van der Waals surface area contributed by atoms with Gasteiger partial charge >= 0.3 is 0 Å². The molecule has 0 unspecified atom stereocenters. The van der Waals surface area contributed by atoms with E-state index < -0.39 is 26.0 Å². The molecule has 32 heavy (non-hydrogen) atoms. The predicted molar refractivity (Wildman–Crippen MR) is 119 cm³/mol. The Morgan fingerprint density at radius 1 is 0.938 bits per heavy atom. The number of piperidine rings is 1. The number of amides is 1. The van der Waals surface area contributed by atoms with Crippen LogP contribution in [0.2, 0.25) is 0 Å². The topological polar surface area (TPSA) is 116 Å². The molecule has 1 fully saturated rings. The van der Waals surface area contributed by atoms with E-state index in [0.29, 0.717) is 18.5 Å². The summed E-state index contributed by atoms with van der Waals surface area (Å²) in [7, 11) is -4.44. The number of carbonyl (C=O) groups excluding carboxylic acids is 1. The fourth-order valence-corrected chi connectivity index (χ4v) is 5.47. The van der Waals surface area contributed by atoms with Gasteiger partial charge in [0.1, 0.15) is 5.82 Å². The predicted octanol–water partition coefficient (Wildman–Crippen LogP) is 2.08. The molecule has 1 aliphatic rings. The number of hydrogen-bond donors (Lipinski definition) is 2. The van der Waals surface area contributed by atoms with E-state index >= 15 is 0 Å². The zero-order valence-electron chi connectivity index (χ0n) is 17.7. The van der Waals surface area contributed by atoms with Crippen LogP contribution in [-0.4, -0.2) is 58.5 Å². The molecule has 0 aromatic heterocycles. The lowest BCUT2D eigenvalue weighted by molar-refractivity contribution is -0.120. The van der Waals surface area contributed by atoms with Crippen molar-refractivity contribution in [2.45, 2.75) is 17.7 Å². The van der Waals surface area contributed by atoms with Gasteiger partial charge in [0.05, 0.1) is 4.90 Å². The van der Waals surface area contributed by atoms with Crippen molar-refractivity contribution in [1.29, 1.82) is 0 Å². The molecule has 2 aromatic rings. The van der Waals surface area contributed by atoms with E-state index in [9.17, 15) is 26.0 Å². The van der Waals surface area contributed by atoms with E-state index in [1.54, 1.807) is 0 Å². The number of nitrogens with one attached hydrogen (secondary N) is 2. The highest BCUT2D eigenvalue weighted by Crippen LogP contribution is 2.23. The zero-order chi connectivity index (χ0) is 23.5. The molecule has 1 heterocycles. The SMILES string of the molecule is CN(C)S(=O)(=O)N1CCC(C(=O)Nc2ccc(S(=O)(=O)Nc3ccc(F)cc3)cc2)CC1. The van der Waals surface area contributed by atoms with Gasteiger partial charge in [-0.3, -0.25) is 9.52 Å². The Balaban J connectivity index is 1.58. The van der Waals surface area contributed by atoms with Crippen molar-refractivity contribution < 1.29 is 26.0 Å². The van der Waals surface area contributed by atoms with E-state index in [2.05, 4.69) is 10.0 Å². The Kier molecular flexibility index (Phi) is 7.18. The average molecular weight is 485 g/mol. The summed E-state index contributed by atoms with van der Waals surface area (Å²) in [4.78, 5) is 12.5. The maximum Gasteiger partial charge on any atom is 0.281 e. The van der Waals surface area contributed by atoms with Gasteiger partial charge in [0.25, 0.3) is 20.2 Å². The number of anilines is 2. The first-order chi connectivity index (χ1) is 15.0. The molecule has 1 amide bonds. The molecule has 0 saturated carbocycles. The fraction of sp³-hybridized carbons (Fsp3) is 0.350. The lowest BCUT2D eigenvalue weighted by Gasteiger charge is -2.32. The normalized spacial score (nSPS) is 16.1. The number of rotatable bonds is 7. The second-order valence-corrected chi connectivity index (χ2v) is 11.4. The van der Waals surface area contributed by atoms with Gasteiger partial charge in [-0.2, -0.15) is 17.0 Å². The summed E-state index contributed by atoms with van der Waals surface area (Å²) in [6.07, 6.45) is 0.792. The van der Waals surface area contributed by atoms with Crippen LogP contribution < -0.4 is 10.0 Å². The molecule has 0 bridgehead atoms. The van der Waals surface area contributed by atoms with Gasteiger partial charge in [0.15, 0.2) is 0 Å². The molecule has 2 aromatic carbocycles. The van der Waals surface area contributed by atoms with Gasteiger partial charge in [-0.1, -0.05) is 0 Å². The average Bonchev–Trinajstić information content (AvgIpc) is 2.75. The molecule has 3 rings (SSSR count). The fourth-order valence-electron chi connectivity index (χ4n) is 3.27. The quantitative estimate of drug-likeness (QED) is 0.624. The Hall–Kier alpha value is -2.54. The van der Waals surface area contributed by atoms with Crippen LogP contribution in [0.15, 0.2) is 53.4 Å². The molecule has 0 atom stereocenters. The molecule has 0 radical (unpaired) electrons.